The minimum atomic E-state index is -1.31. The van der Waals surface area contributed by atoms with Crippen LogP contribution >= 0.6 is 11.8 Å². The van der Waals surface area contributed by atoms with E-state index in [9.17, 15) is 29.1 Å². The molecule has 1 aromatic carbocycles. The zero-order valence-electron chi connectivity index (χ0n) is 19.7. The highest BCUT2D eigenvalue weighted by atomic mass is 32.2. The van der Waals surface area contributed by atoms with E-state index in [1.165, 1.54) is 16.7 Å². The lowest BCUT2D eigenvalue weighted by atomic mass is 10.0. The van der Waals surface area contributed by atoms with Gasteiger partial charge in [-0.3, -0.25) is 19.3 Å². The lowest BCUT2D eigenvalue weighted by Gasteiger charge is -2.33. The largest absolute Gasteiger partial charge is 0.465 e. The molecule has 0 radical (unpaired) electrons. The molecule has 0 saturated carbocycles. The van der Waals surface area contributed by atoms with Gasteiger partial charge in [-0.25, -0.2) is 9.59 Å². The van der Waals surface area contributed by atoms with E-state index in [0.29, 0.717) is 30.6 Å². The van der Waals surface area contributed by atoms with Gasteiger partial charge in [-0.05, 0) is 30.9 Å². The van der Waals surface area contributed by atoms with E-state index in [4.69, 9.17) is 4.74 Å². The van der Waals surface area contributed by atoms with Crippen LogP contribution in [-0.4, -0.2) is 95.8 Å². The van der Waals surface area contributed by atoms with Crippen LogP contribution in [-0.2, 0) is 24.9 Å². The molecule has 4 amide bonds. The number of carbonyl (C=O) groups is 5. The van der Waals surface area contributed by atoms with Gasteiger partial charge in [0.05, 0.1) is 5.56 Å². The molecule has 2 aliphatic heterocycles. The van der Waals surface area contributed by atoms with Gasteiger partial charge >= 0.3 is 12.1 Å². The fraction of sp³-hybridized carbons (Fsp3) is 0.522. The van der Waals surface area contributed by atoms with Gasteiger partial charge < -0.3 is 25.4 Å². The van der Waals surface area contributed by atoms with Crippen molar-refractivity contribution >= 4 is 41.5 Å². The van der Waals surface area contributed by atoms with Crippen LogP contribution in [0.1, 0.15) is 35.2 Å². The highest BCUT2D eigenvalue weighted by molar-refractivity contribution is 7.98. The van der Waals surface area contributed by atoms with Crippen molar-refractivity contribution in [3.05, 3.63) is 35.4 Å². The summed E-state index contributed by atoms with van der Waals surface area (Å²) in [6.07, 6.45) is 0.409. The normalized spacial score (nSPS) is 23.5. The molecule has 11 nitrogen and oxygen atoms in total. The maximum atomic E-state index is 13.1. The molecular weight excluding hydrogens is 476 g/mol. The first-order valence-electron chi connectivity index (χ1n) is 11.3. The molecule has 190 valence electrons. The quantitative estimate of drug-likeness (QED) is 0.508. The van der Waals surface area contributed by atoms with Crippen LogP contribution in [0.15, 0.2) is 24.3 Å². The van der Waals surface area contributed by atoms with Crippen LogP contribution in [0.4, 0.5) is 4.79 Å². The monoisotopic (exact) mass is 506 g/mol. The summed E-state index contributed by atoms with van der Waals surface area (Å²) in [5.74, 6) is -1.62. The van der Waals surface area contributed by atoms with Crippen LogP contribution in [0.2, 0.25) is 0 Å². The molecule has 35 heavy (non-hydrogen) atoms. The predicted molar refractivity (Wildman–Crippen MR) is 128 cm³/mol. The van der Waals surface area contributed by atoms with E-state index in [1.807, 2.05) is 0 Å². The van der Waals surface area contributed by atoms with Gasteiger partial charge in [0, 0.05) is 32.1 Å². The number of likely N-dealkylation sites (tertiary alicyclic amines) is 1. The van der Waals surface area contributed by atoms with Gasteiger partial charge in [-0.15, -0.1) is 0 Å². The summed E-state index contributed by atoms with van der Waals surface area (Å²) >= 11 is 1.38. The number of carboxylic acid groups (broad SMARTS) is 1. The molecule has 1 saturated heterocycles. The van der Waals surface area contributed by atoms with E-state index in [0.717, 1.165) is 10.5 Å². The first kappa shape index (κ1) is 26.3. The molecule has 2 heterocycles. The summed E-state index contributed by atoms with van der Waals surface area (Å²) in [6, 6.07) is 3.77. The summed E-state index contributed by atoms with van der Waals surface area (Å²) < 4.78 is 5.38. The number of fused-ring (bicyclic) bond motifs is 1. The van der Waals surface area contributed by atoms with Gasteiger partial charge in [0.1, 0.15) is 24.7 Å². The van der Waals surface area contributed by atoms with E-state index in [1.54, 1.807) is 38.4 Å². The summed E-state index contributed by atoms with van der Waals surface area (Å²) in [4.78, 5) is 65.6. The zero-order chi connectivity index (χ0) is 25.5. The molecule has 3 atom stereocenters. The third kappa shape index (κ3) is 6.65. The highest BCUT2D eigenvalue weighted by Gasteiger charge is 2.36. The average molecular weight is 507 g/mol. The lowest BCUT2D eigenvalue weighted by molar-refractivity contribution is -0.136. The molecule has 1 fully saturated rings. The number of esters is 1. The number of cyclic esters (lactones) is 1. The number of hydrogen-bond acceptors (Lipinski definition) is 7. The lowest BCUT2D eigenvalue weighted by Crippen LogP contribution is -2.59. The van der Waals surface area contributed by atoms with Crippen LogP contribution in [0.3, 0.4) is 0 Å². The summed E-state index contributed by atoms with van der Waals surface area (Å²) in [5, 5.41) is 14.7. The smallest absolute Gasteiger partial charge is 0.407 e. The van der Waals surface area contributed by atoms with E-state index in [2.05, 4.69) is 10.6 Å². The SMILES string of the molecule is CN(C)C(=O)[C@H]1CSCc2ccccc2C(=O)OC[C@@H](NC(=O)[C@@H]2CCCCN2C(=O)O)C(=O)N1. The Kier molecular flexibility index (Phi) is 8.96. The second kappa shape index (κ2) is 11.9. The van der Waals surface area contributed by atoms with E-state index >= 15 is 0 Å². The standard InChI is InChI=1S/C23H30N4O7S/c1-26(2)21(30)17-13-35-12-14-7-3-4-8-15(14)22(31)34-11-16(19(28)25-17)24-20(29)18-9-5-6-10-27(18)23(32)33/h3-4,7-8,16-18H,5-6,9-13H2,1-2H3,(H,24,29)(H,25,28)(H,32,33)/t16-,17-,18+/m1/s1. The second-order valence-corrected chi connectivity index (χ2v) is 9.64. The van der Waals surface area contributed by atoms with Crippen LogP contribution in [0.25, 0.3) is 0 Å². The minimum Gasteiger partial charge on any atom is -0.465 e. The molecule has 2 aliphatic rings. The Labute approximate surface area is 207 Å². The Morgan fingerprint density at radius 2 is 1.94 bits per heavy atom. The van der Waals surface area contributed by atoms with Crippen molar-refractivity contribution in [2.24, 2.45) is 0 Å². The fourth-order valence-corrected chi connectivity index (χ4v) is 5.06. The summed E-state index contributed by atoms with van der Waals surface area (Å²) in [7, 11) is 3.16. The van der Waals surface area contributed by atoms with Gasteiger partial charge in [-0.2, -0.15) is 11.8 Å². The first-order chi connectivity index (χ1) is 16.7. The molecule has 0 spiro atoms. The van der Waals surface area contributed by atoms with Gasteiger partial charge in [-0.1, -0.05) is 18.2 Å². The maximum absolute atomic E-state index is 13.1. The van der Waals surface area contributed by atoms with Crippen LogP contribution in [0.5, 0.6) is 0 Å². The molecule has 3 rings (SSSR count). The first-order valence-corrected chi connectivity index (χ1v) is 12.5. The number of piperidine rings is 1. The molecule has 3 N–H and O–H groups in total. The van der Waals surface area contributed by atoms with Crippen LogP contribution < -0.4 is 10.6 Å². The minimum absolute atomic E-state index is 0.215. The third-order valence-corrected chi connectivity index (χ3v) is 6.98. The maximum Gasteiger partial charge on any atom is 0.407 e. The Morgan fingerprint density at radius 3 is 2.66 bits per heavy atom. The number of amides is 4. The number of nitrogens with one attached hydrogen (secondary N) is 2. The molecular formula is C23H30N4O7S. The number of likely N-dealkylation sites (N-methyl/N-ethyl adjacent to an activating group) is 1. The zero-order valence-corrected chi connectivity index (χ0v) is 20.5. The summed E-state index contributed by atoms with van der Waals surface area (Å²) in [5.41, 5.74) is 1.07. The summed E-state index contributed by atoms with van der Waals surface area (Å²) in [6.45, 7) is -0.257. The van der Waals surface area contributed by atoms with Crippen LogP contribution in [0, 0.1) is 0 Å². The topological polar surface area (TPSA) is 145 Å². The fourth-order valence-electron chi connectivity index (χ4n) is 4.01. The van der Waals surface area contributed by atoms with Crippen molar-refractivity contribution in [3.8, 4) is 0 Å². The number of nitrogens with zero attached hydrogens (tertiary/aromatic N) is 2. The van der Waals surface area contributed by atoms with Crippen molar-refractivity contribution in [1.82, 2.24) is 20.4 Å². The van der Waals surface area contributed by atoms with Gasteiger partial charge in [0.15, 0.2) is 0 Å². The van der Waals surface area contributed by atoms with Crippen molar-refractivity contribution in [1.29, 1.82) is 0 Å². The number of carbonyl (C=O) groups excluding carboxylic acids is 4. The van der Waals surface area contributed by atoms with Crippen molar-refractivity contribution in [2.45, 2.75) is 43.1 Å². The van der Waals surface area contributed by atoms with E-state index < -0.39 is 48.6 Å². The second-order valence-electron chi connectivity index (χ2n) is 8.61. The highest BCUT2D eigenvalue weighted by Crippen LogP contribution is 2.20. The predicted octanol–water partition coefficient (Wildman–Crippen LogP) is 0.681. The molecule has 0 unspecified atom stereocenters. The Bertz CT molecular complexity index is 986. The van der Waals surface area contributed by atoms with Crippen molar-refractivity contribution < 1.29 is 33.8 Å². The number of thioether (sulfide) groups is 1. The van der Waals surface area contributed by atoms with Gasteiger partial charge in [0.2, 0.25) is 17.7 Å². The molecule has 1 aromatic rings. The molecule has 0 aromatic heterocycles. The molecule has 0 aliphatic carbocycles. The number of rotatable bonds is 3. The van der Waals surface area contributed by atoms with Crippen molar-refractivity contribution in [2.75, 3.05) is 33.0 Å². The number of benzene rings is 1. The van der Waals surface area contributed by atoms with Crippen molar-refractivity contribution in [3.63, 3.8) is 0 Å². The Balaban J connectivity index is 1.85. The molecule has 12 heteroatoms. The average Bonchev–Trinajstić information content (AvgIpc) is 2.84. The Hall–Kier alpha value is -3.28. The third-order valence-electron chi connectivity index (χ3n) is 5.90. The number of hydrogen-bond donors (Lipinski definition) is 3. The molecule has 0 bridgehead atoms. The van der Waals surface area contributed by atoms with E-state index in [-0.39, 0.29) is 18.2 Å². The van der Waals surface area contributed by atoms with Gasteiger partial charge in [0.25, 0.3) is 0 Å². The number of ether oxygens (including phenoxy) is 1. The Morgan fingerprint density at radius 1 is 1.20 bits per heavy atom.